The lowest BCUT2D eigenvalue weighted by Gasteiger charge is -2.11. The van der Waals surface area contributed by atoms with E-state index in [1.807, 2.05) is 6.92 Å². The number of anilines is 1. The molecule has 2 aromatic carbocycles. The van der Waals surface area contributed by atoms with Gasteiger partial charge in [0, 0.05) is 11.6 Å². The molecule has 0 atom stereocenters. The first-order valence-corrected chi connectivity index (χ1v) is 11.4. The number of nitrogens with zero attached hydrogens (tertiary/aromatic N) is 3. The van der Waals surface area contributed by atoms with Crippen molar-refractivity contribution < 1.29 is 13.9 Å². The maximum absolute atomic E-state index is 12.9. The summed E-state index contributed by atoms with van der Waals surface area (Å²) in [5, 5.41) is 16.6. The van der Waals surface area contributed by atoms with E-state index in [1.54, 1.807) is 36.4 Å². The predicted molar refractivity (Wildman–Crippen MR) is 129 cm³/mol. The monoisotopic (exact) mass is 461 g/mol. The molecule has 176 valence electrons. The van der Waals surface area contributed by atoms with E-state index in [9.17, 15) is 9.59 Å². The Bertz CT molecular complexity index is 1310. The summed E-state index contributed by atoms with van der Waals surface area (Å²) >= 11 is 0. The fourth-order valence-electron chi connectivity index (χ4n) is 3.67. The lowest BCUT2D eigenvalue weighted by atomic mass is 10.1. The highest BCUT2D eigenvalue weighted by Gasteiger charge is 2.16. The van der Waals surface area contributed by atoms with Crippen molar-refractivity contribution in [3.05, 3.63) is 63.8 Å². The van der Waals surface area contributed by atoms with E-state index in [0.717, 1.165) is 24.2 Å². The number of fused-ring (bicyclic) bond motifs is 1. The van der Waals surface area contributed by atoms with E-state index in [4.69, 9.17) is 9.15 Å². The second-order valence-electron chi connectivity index (χ2n) is 8.16. The van der Waals surface area contributed by atoms with Crippen LogP contribution in [-0.2, 0) is 0 Å². The third-order valence-electron chi connectivity index (χ3n) is 5.43. The molecule has 0 radical (unpaired) electrons. The van der Waals surface area contributed by atoms with E-state index in [-0.39, 0.29) is 28.5 Å². The van der Waals surface area contributed by atoms with Gasteiger partial charge in [-0.1, -0.05) is 32.6 Å². The summed E-state index contributed by atoms with van der Waals surface area (Å²) in [7, 11) is 0. The molecule has 2 aromatic heterocycles. The Morgan fingerprint density at radius 3 is 2.62 bits per heavy atom. The lowest BCUT2D eigenvalue weighted by molar-refractivity contribution is 0.102. The minimum atomic E-state index is -0.326. The molecule has 0 saturated carbocycles. The number of benzene rings is 2. The number of hydrogen-bond donors (Lipinski definition) is 2. The number of carbonyl (C=O) groups is 1. The number of amides is 1. The molecule has 9 nitrogen and oxygen atoms in total. The minimum absolute atomic E-state index is 0.179. The number of hydrogen-bond acceptors (Lipinski definition) is 7. The Kier molecular flexibility index (Phi) is 7.31. The summed E-state index contributed by atoms with van der Waals surface area (Å²) in [6.07, 6.45) is 5.87. The highest BCUT2D eigenvalue weighted by Crippen LogP contribution is 2.27. The van der Waals surface area contributed by atoms with Crippen LogP contribution in [0.2, 0.25) is 0 Å². The molecular weight excluding hydrogens is 434 g/mol. The number of carbonyl (C=O) groups excluding carboxylic acids is 1. The zero-order valence-corrected chi connectivity index (χ0v) is 19.3. The fourth-order valence-corrected chi connectivity index (χ4v) is 3.67. The molecule has 0 bridgehead atoms. The molecular formula is C25H27N5O4. The van der Waals surface area contributed by atoms with Gasteiger partial charge in [0.2, 0.25) is 5.82 Å². The van der Waals surface area contributed by atoms with Crippen LogP contribution in [0.3, 0.4) is 0 Å². The van der Waals surface area contributed by atoms with Gasteiger partial charge in [0.05, 0.1) is 17.7 Å². The molecule has 34 heavy (non-hydrogen) atoms. The number of ether oxygens (including phenoxy) is 1. The first kappa shape index (κ1) is 23.2. The van der Waals surface area contributed by atoms with Gasteiger partial charge in [0.25, 0.3) is 5.91 Å². The Morgan fingerprint density at radius 1 is 1.09 bits per heavy atom. The van der Waals surface area contributed by atoms with Gasteiger partial charge in [-0.15, -0.1) is 5.10 Å². The van der Waals surface area contributed by atoms with Crippen LogP contribution in [0.25, 0.3) is 22.6 Å². The zero-order valence-electron chi connectivity index (χ0n) is 19.3. The molecule has 0 fully saturated rings. The summed E-state index contributed by atoms with van der Waals surface area (Å²) < 4.78 is 11.7. The second kappa shape index (κ2) is 10.7. The molecule has 4 aromatic rings. The first-order valence-electron chi connectivity index (χ1n) is 11.4. The highest BCUT2D eigenvalue weighted by molar-refractivity contribution is 6.08. The minimum Gasteiger partial charge on any atom is -0.494 e. The zero-order chi connectivity index (χ0) is 23.9. The van der Waals surface area contributed by atoms with Crippen LogP contribution in [0.5, 0.6) is 5.75 Å². The highest BCUT2D eigenvalue weighted by atomic mass is 16.5. The average molecular weight is 462 g/mol. The summed E-state index contributed by atoms with van der Waals surface area (Å²) in [6.45, 7) is 4.70. The smallest absolute Gasteiger partial charge is 0.255 e. The van der Waals surface area contributed by atoms with E-state index in [2.05, 4.69) is 32.9 Å². The Balaban J connectivity index is 1.50. The van der Waals surface area contributed by atoms with E-state index in [1.165, 1.54) is 25.3 Å². The molecule has 0 aliphatic rings. The molecule has 9 heteroatoms. The van der Waals surface area contributed by atoms with Crippen molar-refractivity contribution in [2.24, 2.45) is 0 Å². The van der Waals surface area contributed by atoms with Gasteiger partial charge in [0.15, 0.2) is 16.8 Å². The van der Waals surface area contributed by atoms with Gasteiger partial charge in [-0.2, -0.15) is 0 Å². The van der Waals surface area contributed by atoms with Gasteiger partial charge in [-0.25, -0.2) is 5.10 Å². The molecule has 0 aliphatic carbocycles. The standard InChI is InChI=1S/C25H27N5O4/c1-3-4-5-6-7-12-33-18-10-8-17(9-11-18)25(32)26-20-14-16(2)13-19-21(31)15-22(34-23(19)20)24-27-29-30-28-24/h8-11,13-15H,3-7,12H2,1-2H3,(H,26,32)(H,27,28,29,30). The SMILES string of the molecule is CCCCCCCOc1ccc(C(=O)Nc2cc(C)cc3c(=O)cc(-c4nnn[nH]4)oc23)cc1. The number of nitrogens with one attached hydrogen (secondary N) is 2. The topological polar surface area (TPSA) is 123 Å². The molecule has 1 amide bonds. The van der Waals surface area contributed by atoms with E-state index >= 15 is 0 Å². The van der Waals surface area contributed by atoms with Gasteiger partial charge in [0.1, 0.15) is 5.75 Å². The van der Waals surface area contributed by atoms with Crippen LogP contribution in [0.15, 0.2) is 51.7 Å². The molecule has 2 heterocycles. The maximum Gasteiger partial charge on any atom is 0.255 e. The summed E-state index contributed by atoms with van der Waals surface area (Å²) in [4.78, 5) is 25.6. The predicted octanol–water partition coefficient (Wildman–Crippen LogP) is 4.88. The molecule has 0 saturated heterocycles. The van der Waals surface area contributed by atoms with Crippen LogP contribution < -0.4 is 15.5 Å². The molecule has 4 rings (SSSR count). The number of H-pyrrole nitrogens is 1. The fraction of sp³-hybridized carbons (Fsp3) is 0.320. The van der Waals surface area contributed by atoms with Crippen molar-refractivity contribution in [3.63, 3.8) is 0 Å². The van der Waals surface area contributed by atoms with Crippen molar-refractivity contribution in [2.75, 3.05) is 11.9 Å². The van der Waals surface area contributed by atoms with Gasteiger partial charge in [-0.3, -0.25) is 9.59 Å². The van der Waals surface area contributed by atoms with Crippen molar-refractivity contribution >= 4 is 22.6 Å². The second-order valence-corrected chi connectivity index (χ2v) is 8.16. The van der Waals surface area contributed by atoms with Gasteiger partial charge in [-0.05, 0) is 65.7 Å². The molecule has 0 unspecified atom stereocenters. The largest absolute Gasteiger partial charge is 0.494 e. The number of rotatable bonds is 10. The van der Waals surface area contributed by atoms with Crippen molar-refractivity contribution in [2.45, 2.75) is 46.0 Å². The number of aryl methyl sites for hydroxylation is 1. The van der Waals surface area contributed by atoms with Crippen LogP contribution >= 0.6 is 0 Å². The summed E-state index contributed by atoms with van der Waals surface area (Å²) in [5.74, 6) is 0.799. The van der Waals surface area contributed by atoms with Crippen molar-refractivity contribution in [1.29, 1.82) is 0 Å². The third-order valence-corrected chi connectivity index (χ3v) is 5.43. The molecule has 0 spiro atoms. The Morgan fingerprint density at radius 2 is 1.88 bits per heavy atom. The number of aromatic nitrogens is 4. The van der Waals surface area contributed by atoms with Crippen molar-refractivity contribution in [3.8, 4) is 17.3 Å². The Hall–Kier alpha value is -4.01. The van der Waals surface area contributed by atoms with Crippen LogP contribution in [0.4, 0.5) is 5.69 Å². The molecule has 0 aliphatic heterocycles. The van der Waals surface area contributed by atoms with Crippen molar-refractivity contribution in [1.82, 2.24) is 20.6 Å². The average Bonchev–Trinajstić information content (AvgIpc) is 3.37. The van der Waals surface area contributed by atoms with Crippen LogP contribution in [0, 0.1) is 6.92 Å². The Labute approximate surface area is 196 Å². The summed E-state index contributed by atoms with van der Waals surface area (Å²) in [6, 6.07) is 11.8. The third kappa shape index (κ3) is 5.48. The van der Waals surface area contributed by atoms with E-state index < -0.39 is 0 Å². The maximum atomic E-state index is 12.9. The van der Waals surface area contributed by atoms with Crippen LogP contribution in [0.1, 0.15) is 54.9 Å². The number of aromatic amines is 1. The van der Waals surface area contributed by atoms with Gasteiger partial charge < -0.3 is 14.5 Å². The number of tetrazole rings is 1. The van der Waals surface area contributed by atoms with Crippen LogP contribution in [-0.4, -0.2) is 33.1 Å². The van der Waals surface area contributed by atoms with Gasteiger partial charge >= 0.3 is 0 Å². The quantitative estimate of drug-likeness (QED) is 0.323. The first-order chi connectivity index (χ1) is 16.5. The molecule has 2 N–H and O–H groups in total. The normalized spacial score (nSPS) is 11.0. The number of unbranched alkanes of at least 4 members (excludes halogenated alkanes) is 4. The summed E-state index contributed by atoms with van der Waals surface area (Å²) in [5.41, 5.74) is 1.65. The van der Waals surface area contributed by atoms with E-state index in [0.29, 0.717) is 23.2 Å². The lowest BCUT2D eigenvalue weighted by Crippen LogP contribution is -2.13.